The first kappa shape index (κ1) is 21.3. The first-order chi connectivity index (χ1) is 16.2. The summed E-state index contributed by atoms with van der Waals surface area (Å²) in [6.07, 6.45) is 1.61. The maximum absolute atomic E-state index is 12.9. The van der Waals surface area contributed by atoms with Gasteiger partial charge in [0.2, 0.25) is 0 Å². The van der Waals surface area contributed by atoms with Crippen LogP contribution in [0.5, 0.6) is 5.75 Å². The molecule has 2 amide bonds. The summed E-state index contributed by atoms with van der Waals surface area (Å²) in [4.78, 5) is 25.1. The van der Waals surface area contributed by atoms with Gasteiger partial charge in [-0.3, -0.25) is 20.4 Å². The third-order valence-electron chi connectivity index (χ3n) is 4.71. The minimum absolute atomic E-state index is 0.289. The molecular weight excluding hydrogens is 418 g/mol. The molecule has 0 aliphatic rings. The lowest BCUT2D eigenvalue weighted by Gasteiger charge is -2.09. The highest BCUT2D eigenvalue weighted by Crippen LogP contribution is 2.23. The van der Waals surface area contributed by atoms with E-state index >= 15 is 0 Å². The lowest BCUT2D eigenvalue weighted by atomic mass is 10.1. The van der Waals surface area contributed by atoms with E-state index in [9.17, 15) is 9.59 Å². The second-order valence-electron chi connectivity index (χ2n) is 6.94. The molecule has 8 heteroatoms. The first-order valence-corrected chi connectivity index (χ1v) is 10.1. The fraction of sp³-hybridized carbons (Fsp3) is 0.0400. The zero-order valence-electron chi connectivity index (χ0n) is 17.4. The zero-order valence-corrected chi connectivity index (χ0v) is 17.4. The summed E-state index contributed by atoms with van der Waals surface area (Å²) in [5.41, 5.74) is 7.38. The van der Waals surface area contributed by atoms with Crippen molar-refractivity contribution in [1.82, 2.24) is 20.6 Å². The van der Waals surface area contributed by atoms with Crippen molar-refractivity contribution in [3.63, 3.8) is 0 Å². The Hall–Kier alpha value is -4.90. The van der Waals surface area contributed by atoms with Crippen molar-refractivity contribution < 1.29 is 14.3 Å². The van der Waals surface area contributed by atoms with Gasteiger partial charge in [0.25, 0.3) is 11.8 Å². The number of hydrogen-bond donors (Lipinski definition) is 2. The second-order valence-corrected chi connectivity index (χ2v) is 6.94. The number of ether oxygens (including phenoxy) is 1. The van der Waals surface area contributed by atoms with E-state index in [1.54, 1.807) is 35.1 Å². The van der Waals surface area contributed by atoms with Crippen LogP contribution in [0.25, 0.3) is 16.9 Å². The maximum atomic E-state index is 12.9. The van der Waals surface area contributed by atoms with Gasteiger partial charge in [0.1, 0.15) is 17.5 Å². The number of benzene rings is 3. The smallest absolute Gasteiger partial charge is 0.276 e. The van der Waals surface area contributed by atoms with Crippen molar-refractivity contribution in [3.05, 3.63) is 102 Å². The number of nitriles is 1. The van der Waals surface area contributed by atoms with E-state index in [-0.39, 0.29) is 12.4 Å². The van der Waals surface area contributed by atoms with Crippen LogP contribution in [0.4, 0.5) is 0 Å². The van der Waals surface area contributed by atoms with Gasteiger partial charge in [-0.15, -0.1) is 0 Å². The number of nitrogens with zero attached hydrogens (tertiary/aromatic N) is 3. The lowest BCUT2D eigenvalue weighted by molar-refractivity contribution is -0.123. The molecule has 0 fully saturated rings. The van der Waals surface area contributed by atoms with Crippen LogP contribution >= 0.6 is 0 Å². The lowest BCUT2D eigenvalue weighted by Crippen LogP contribution is -2.43. The third kappa shape index (κ3) is 5.06. The van der Waals surface area contributed by atoms with Crippen LogP contribution in [0.15, 0.2) is 91.1 Å². The number of nitrogens with one attached hydrogen (secondary N) is 2. The molecule has 0 atom stereocenters. The van der Waals surface area contributed by atoms with Gasteiger partial charge in [0.15, 0.2) is 6.61 Å². The maximum Gasteiger partial charge on any atom is 0.276 e. The molecule has 0 unspecified atom stereocenters. The fourth-order valence-electron chi connectivity index (χ4n) is 3.12. The standard InChI is InChI=1S/C25H19N5O3/c26-15-19-11-7-8-14-22(19)33-17-23(31)27-28-25(32)21-16-30(20-12-5-2-6-13-20)29-24(21)18-9-3-1-4-10-18/h1-14,16H,17H2,(H,27,31)(H,28,32). The van der Waals surface area contributed by atoms with Crippen molar-refractivity contribution in [2.75, 3.05) is 6.61 Å². The van der Waals surface area contributed by atoms with E-state index in [0.29, 0.717) is 16.8 Å². The Morgan fingerprint density at radius 1 is 0.909 bits per heavy atom. The number of aromatic nitrogens is 2. The molecule has 3 aromatic carbocycles. The van der Waals surface area contributed by atoms with Crippen LogP contribution in [-0.2, 0) is 4.79 Å². The van der Waals surface area contributed by atoms with Gasteiger partial charge in [0.05, 0.1) is 16.8 Å². The number of rotatable bonds is 6. The van der Waals surface area contributed by atoms with Gasteiger partial charge in [-0.25, -0.2) is 4.68 Å². The van der Waals surface area contributed by atoms with E-state index in [0.717, 1.165) is 11.3 Å². The van der Waals surface area contributed by atoms with Crippen LogP contribution in [0.3, 0.4) is 0 Å². The van der Waals surface area contributed by atoms with Crippen molar-refractivity contribution in [2.24, 2.45) is 0 Å². The molecule has 1 heterocycles. The Kier molecular flexibility index (Phi) is 6.43. The molecular formula is C25H19N5O3. The van der Waals surface area contributed by atoms with E-state index in [4.69, 9.17) is 10.00 Å². The van der Waals surface area contributed by atoms with E-state index < -0.39 is 11.8 Å². The van der Waals surface area contributed by atoms with Gasteiger partial charge in [-0.05, 0) is 24.3 Å². The molecule has 0 spiro atoms. The molecule has 0 aliphatic carbocycles. The summed E-state index contributed by atoms with van der Waals surface area (Å²) in [5.74, 6) is -0.813. The molecule has 0 saturated heterocycles. The average molecular weight is 437 g/mol. The Balaban J connectivity index is 1.47. The van der Waals surface area contributed by atoms with Crippen LogP contribution in [0.1, 0.15) is 15.9 Å². The summed E-state index contributed by atoms with van der Waals surface area (Å²) in [6.45, 7) is -0.367. The van der Waals surface area contributed by atoms with Gasteiger partial charge >= 0.3 is 0 Å². The minimum Gasteiger partial charge on any atom is -0.482 e. The largest absolute Gasteiger partial charge is 0.482 e. The number of carbonyl (C=O) groups excluding carboxylic acids is 2. The number of para-hydroxylation sites is 2. The Labute approximate surface area is 190 Å². The molecule has 0 radical (unpaired) electrons. The van der Waals surface area contributed by atoms with E-state index in [2.05, 4.69) is 16.0 Å². The van der Waals surface area contributed by atoms with Crippen molar-refractivity contribution in [2.45, 2.75) is 0 Å². The first-order valence-electron chi connectivity index (χ1n) is 10.1. The molecule has 162 valence electrons. The van der Waals surface area contributed by atoms with Crippen LogP contribution in [-0.4, -0.2) is 28.2 Å². The highest BCUT2D eigenvalue weighted by Gasteiger charge is 2.19. The molecule has 0 aliphatic heterocycles. The van der Waals surface area contributed by atoms with Gasteiger partial charge in [-0.2, -0.15) is 10.4 Å². The van der Waals surface area contributed by atoms with Crippen molar-refractivity contribution in [3.8, 4) is 28.8 Å². The minimum atomic E-state index is -0.576. The second kappa shape index (κ2) is 9.94. The highest BCUT2D eigenvalue weighted by molar-refractivity contribution is 6.00. The Morgan fingerprint density at radius 3 is 2.30 bits per heavy atom. The monoisotopic (exact) mass is 437 g/mol. The molecule has 8 nitrogen and oxygen atoms in total. The normalized spacial score (nSPS) is 10.2. The molecule has 33 heavy (non-hydrogen) atoms. The fourth-order valence-corrected chi connectivity index (χ4v) is 3.12. The van der Waals surface area contributed by atoms with E-state index in [1.165, 1.54) is 0 Å². The zero-order chi connectivity index (χ0) is 23.0. The summed E-state index contributed by atoms with van der Waals surface area (Å²) in [5, 5.41) is 13.7. The molecule has 0 bridgehead atoms. The van der Waals surface area contributed by atoms with Gasteiger partial charge < -0.3 is 4.74 Å². The molecule has 4 aromatic rings. The van der Waals surface area contributed by atoms with Crippen molar-refractivity contribution >= 4 is 11.8 Å². The average Bonchev–Trinajstić information content (AvgIpc) is 3.33. The molecule has 2 N–H and O–H groups in total. The number of carbonyl (C=O) groups is 2. The van der Waals surface area contributed by atoms with Gasteiger partial charge in [0, 0.05) is 11.8 Å². The Morgan fingerprint density at radius 2 is 1.58 bits per heavy atom. The predicted molar refractivity (Wildman–Crippen MR) is 121 cm³/mol. The van der Waals surface area contributed by atoms with Crippen molar-refractivity contribution in [1.29, 1.82) is 5.26 Å². The highest BCUT2D eigenvalue weighted by atomic mass is 16.5. The SMILES string of the molecule is N#Cc1ccccc1OCC(=O)NNC(=O)c1cn(-c2ccccc2)nc1-c1ccccc1. The summed E-state index contributed by atoms with van der Waals surface area (Å²) >= 11 is 0. The summed E-state index contributed by atoms with van der Waals surface area (Å²) in [6, 6.07) is 27.3. The number of hydrogen-bond acceptors (Lipinski definition) is 5. The summed E-state index contributed by atoms with van der Waals surface area (Å²) < 4.78 is 6.99. The summed E-state index contributed by atoms with van der Waals surface area (Å²) in [7, 11) is 0. The topological polar surface area (TPSA) is 109 Å². The molecule has 4 rings (SSSR count). The third-order valence-corrected chi connectivity index (χ3v) is 4.71. The van der Waals surface area contributed by atoms with Crippen LogP contribution in [0.2, 0.25) is 0 Å². The Bertz CT molecular complexity index is 1310. The van der Waals surface area contributed by atoms with E-state index in [1.807, 2.05) is 66.7 Å². The number of hydrazine groups is 1. The van der Waals surface area contributed by atoms with Crippen LogP contribution in [0, 0.1) is 11.3 Å². The quantitative estimate of drug-likeness (QED) is 0.450. The van der Waals surface area contributed by atoms with Crippen LogP contribution < -0.4 is 15.6 Å². The molecule has 1 aromatic heterocycles. The molecule has 0 saturated carbocycles. The number of amides is 2. The van der Waals surface area contributed by atoms with Gasteiger partial charge in [-0.1, -0.05) is 60.7 Å². The predicted octanol–water partition coefficient (Wildman–Crippen LogP) is 3.25.